The van der Waals surface area contributed by atoms with Crippen LogP contribution in [0.25, 0.3) is 22.2 Å². The molecule has 11 nitrogen and oxygen atoms in total. The van der Waals surface area contributed by atoms with E-state index in [4.69, 9.17) is 6.42 Å². The van der Waals surface area contributed by atoms with Gasteiger partial charge in [0, 0.05) is 30.3 Å². The van der Waals surface area contributed by atoms with Gasteiger partial charge in [0.05, 0.1) is 28.9 Å². The molecule has 47 heavy (non-hydrogen) atoms. The summed E-state index contributed by atoms with van der Waals surface area (Å²) in [6.07, 6.45) is 18.3. The number of aryl methyl sites for hydroxylation is 2. The molecule has 0 aromatic carbocycles. The SMILES string of the molecule is C#C[C@@]12C[C@@H](C(=O)Nc3nc(Br)ccc3CCCCCCC)N(C(=O)Cn3nc(C(C)=O)c4cc(-c5cnc(C)nc5)ncc43)[C@@H]1C2. The predicted molar refractivity (Wildman–Crippen MR) is 181 cm³/mol. The highest BCUT2D eigenvalue weighted by Crippen LogP contribution is 2.59. The van der Waals surface area contributed by atoms with Gasteiger partial charge in [-0.1, -0.05) is 44.6 Å². The molecule has 1 N–H and O–H groups in total. The van der Waals surface area contributed by atoms with E-state index >= 15 is 0 Å². The van der Waals surface area contributed by atoms with Crippen molar-refractivity contribution in [3.63, 3.8) is 0 Å². The third-order valence-electron chi connectivity index (χ3n) is 9.21. The third kappa shape index (κ3) is 6.54. The fraction of sp³-hybridized carbons (Fsp3) is 0.429. The van der Waals surface area contributed by atoms with E-state index in [1.807, 2.05) is 12.1 Å². The van der Waals surface area contributed by atoms with Crippen molar-refractivity contribution in [2.75, 3.05) is 5.32 Å². The van der Waals surface area contributed by atoms with Crippen molar-refractivity contribution in [2.24, 2.45) is 5.41 Å². The molecule has 0 bridgehead atoms. The van der Waals surface area contributed by atoms with E-state index in [0.717, 1.165) is 24.8 Å². The Morgan fingerprint density at radius 2 is 1.85 bits per heavy atom. The molecule has 0 unspecified atom stereocenters. The van der Waals surface area contributed by atoms with E-state index in [0.29, 0.717) is 51.2 Å². The van der Waals surface area contributed by atoms with Gasteiger partial charge in [-0.2, -0.15) is 5.10 Å². The second kappa shape index (κ2) is 13.3. The maximum absolute atomic E-state index is 14.0. The second-order valence-corrected chi connectivity index (χ2v) is 13.3. The van der Waals surface area contributed by atoms with Crippen molar-refractivity contribution < 1.29 is 14.4 Å². The number of fused-ring (bicyclic) bond motifs is 2. The van der Waals surface area contributed by atoms with Crippen LogP contribution in [0.15, 0.2) is 41.4 Å². The number of Topliss-reactive ketones (excluding diaryl/α,β-unsaturated/α-hetero) is 1. The minimum atomic E-state index is -0.768. The van der Waals surface area contributed by atoms with Gasteiger partial charge in [-0.25, -0.2) is 15.0 Å². The summed E-state index contributed by atoms with van der Waals surface area (Å²) in [5.74, 6) is 3.12. The van der Waals surface area contributed by atoms with Gasteiger partial charge in [0.1, 0.15) is 34.5 Å². The fourth-order valence-corrected chi connectivity index (χ4v) is 6.86. The summed E-state index contributed by atoms with van der Waals surface area (Å²) in [4.78, 5) is 59.8. The van der Waals surface area contributed by atoms with Crippen molar-refractivity contribution >= 4 is 50.2 Å². The zero-order valence-electron chi connectivity index (χ0n) is 26.8. The van der Waals surface area contributed by atoms with E-state index < -0.39 is 11.5 Å². The summed E-state index contributed by atoms with van der Waals surface area (Å²) in [6.45, 7) is 5.24. The number of anilines is 1. The Labute approximate surface area is 282 Å². The number of amides is 2. The molecule has 6 rings (SSSR count). The molecule has 1 saturated carbocycles. The molecule has 4 aromatic rings. The smallest absolute Gasteiger partial charge is 0.248 e. The lowest BCUT2D eigenvalue weighted by molar-refractivity contribution is -0.138. The number of rotatable bonds is 12. The number of carbonyl (C=O) groups excluding carboxylic acids is 3. The van der Waals surface area contributed by atoms with Crippen LogP contribution in [0, 0.1) is 24.7 Å². The maximum atomic E-state index is 14.0. The van der Waals surface area contributed by atoms with E-state index in [1.54, 1.807) is 36.5 Å². The topological polar surface area (TPSA) is 136 Å². The molecule has 1 aliphatic heterocycles. The zero-order valence-corrected chi connectivity index (χ0v) is 28.4. The van der Waals surface area contributed by atoms with Crippen LogP contribution >= 0.6 is 15.9 Å². The van der Waals surface area contributed by atoms with Crippen LogP contribution in [0.1, 0.15) is 80.7 Å². The maximum Gasteiger partial charge on any atom is 0.248 e. The summed E-state index contributed by atoms with van der Waals surface area (Å²) in [7, 11) is 0. The fourth-order valence-electron chi connectivity index (χ4n) is 6.55. The van der Waals surface area contributed by atoms with Crippen LogP contribution in [-0.4, -0.2) is 64.3 Å². The van der Waals surface area contributed by atoms with Gasteiger partial charge < -0.3 is 10.2 Å². The van der Waals surface area contributed by atoms with Gasteiger partial charge in [-0.05, 0) is 66.2 Å². The van der Waals surface area contributed by atoms with Gasteiger partial charge in [0.2, 0.25) is 11.8 Å². The van der Waals surface area contributed by atoms with Crippen LogP contribution in [0.4, 0.5) is 5.82 Å². The Morgan fingerprint density at radius 3 is 2.57 bits per heavy atom. The number of ketones is 1. The lowest BCUT2D eigenvalue weighted by Gasteiger charge is -2.27. The average molecular weight is 698 g/mol. The number of aromatic nitrogens is 6. The van der Waals surface area contributed by atoms with Gasteiger partial charge in [0.25, 0.3) is 0 Å². The number of carbonyl (C=O) groups is 3. The van der Waals surface area contributed by atoms with Crippen molar-refractivity contribution in [3.8, 4) is 23.6 Å². The molecule has 5 heterocycles. The Balaban J connectivity index is 1.24. The van der Waals surface area contributed by atoms with Crippen LogP contribution in [0.5, 0.6) is 0 Å². The summed E-state index contributed by atoms with van der Waals surface area (Å²) in [6, 6.07) is 4.60. The number of nitrogens with one attached hydrogen (secondary N) is 1. The van der Waals surface area contributed by atoms with Gasteiger partial charge >= 0.3 is 0 Å². The standard InChI is InChI=1S/C35H37BrN8O3/c1-5-7-8-9-10-11-23-12-13-30(36)40-33(23)41-34(47)27-15-35(6-2)16-29(35)44(27)31(46)20-43-28-19-39-26(24-17-37-22(4)38-18-24)14-25(28)32(42-43)21(3)45/h2,12-14,17-19,27,29H,5,7-11,15-16,20H2,1,3-4H3,(H,40,41,47)/t27-,29+,35-/m0/s1. The first kappa shape index (κ1) is 32.4. The Hall–Kier alpha value is -4.50. The number of terminal acetylenes is 1. The minimum absolute atomic E-state index is 0.183. The van der Waals surface area contributed by atoms with Crippen LogP contribution in [-0.2, 0) is 22.6 Å². The summed E-state index contributed by atoms with van der Waals surface area (Å²) < 4.78 is 2.10. The predicted octanol–water partition coefficient (Wildman–Crippen LogP) is 5.70. The molecular weight excluding hydrogens is 660 g/mol. The molecule has 12 heteroatoms. The monoisotopic (exact) mass is 696 g/mol. The second-order valence-electron chi connectivity index (χ2n) is 12.5. The highest BCUT2D eigenvalue weighted by Gasteiger charge is 2.66. The average Bonchev–Trinajstić information content (AvgIpc) is 3.49. The number of hydrogen-bond acceptors (Lipinski definition) is 8. The first-order chi connectivity index (χ1) is 22.6. The number of unbranched alkanes of at least 4 members (excludes halogenated alkanes) is 4. The Bertz CT molecular complexity index is 1900. The highest BCUT2D eigenvalue weighted by molar-refractivity contribution is 9.10. The lowest BCUT2D eigenvalue weighted by Crippen LogP contribution is -2.47. The van der Waals surface area contributed by atoms with Gasteiger partial charge in [-0.3, -0.25) is 24.0 Å². The van der Waals surface area contributed by atoms with Crippen molar-refractivity contribution in [1.29, 1.82) is 0 Å². The molecule has 2 amide bonds. The molecule has 242 valence electrons. The summed E-state index contributed by atoms with van der Waals surface area (Å²) in [5, 5.41) is 8.11. The van der Waals surface area contributed by atoms with Crippen molar-refractivity contribution in [3.05, 3.63) is 58.5 Å². The molecule has 1 saturated heterocycles. The summed E-state index contributed by atoms with van der Waals surface area (Å²) >= 11 is 3.43. The first-order valence-electron chi connectivity index (χ1n) is 16.1. The van der Waals surface area contributed by atoms with E-state index in [9.17, 15) is 14.4 Å². The van der Waals surface area contributed by atoms with Crippen LogP contribution in [0.3, 0.4) is 0 Å². The van der Waals surface area contributed by atoms with E-state index in [-0.39, 0.29) is 35.9 Å². The van der Waals surface area contributed by atoms with Gasteiger partial charge in [0.15, 0.2) is 5.78 Å². The number of pyridine rings is 2. The highest BCUT2D eigenvalue weighted by atomic mass is 79.9. The number of halogens is 1. The largest absolute Gasteiger partial charge is 0.324 e. The molecule has 0 spiro atoms. The molecule has 1 aliphatic carbocycles. The molecule has 3 atom stereocenters. The minimum Gasteiger partial charge on any atom is -0.324 e. The van der Waals surface area contributed by atoms with Crippen molar-refractivity contribution in [2.45, 2.75) is 90.8 Å². The number of nitrogens with zero attached hydrogens (tertiary/aromatic N) is 7. The number of piperidine rings is 1. The molecule has 0 radical (unpaired) electrons. The molecule has 4 aromatic heterocycles. The van der Waals surface area contributed by atoms with Crippen LogP contribution in [0.2, 0.25) is 0 Å². The molecule has 2 aliphatic rings. The Kier molecular flexibility index (Phi) is 9.19. The van der Waals surface area contributed by atoms with Gasteiger partial charge in [-0.15, -0.1) is 6.42 Å². The number of hydrogen-bond donors (Lipinski definition) is 1. The number of likely N-dealkylation sites (tertiary alicyclic amines) is 1. The molecular formula is C35H37BrN8O3. The summed E-state index contributed by atoms with van der Waals surface area (Å²) in [5.41, 5.74) is 2.46. The van der Waals surface area contributed by atoms with E-state index in [2.05, 4.69) is 59.1 Å². The third-order valence-corrected chi connectivity index (χ3v) is 9.65. The van der Waals surface area contributed by atoms with Crippen LogP contribution < -0.4 is 5.32 Å². The van der Waals surface area contributed by atoms with E-state index in [1.165, 1.54) is 30.9 Å². The first-order valence-corrected chi connectivity index (χ1v) is 16.8. The molecule has 2 fully saturated rings. The Morgan fingerprint density at radius 1 is 1.09 bits per heavy atom. The zero-order chi connectivity index (χ0) is 33.3. The normalized spacial score (nSPS) is 19.8. The lowest BCUT2D eigenvalue weighted by atomic mass is 10.00. The van der Waals surface area contributed by atoms with Crippen molar-refractivity contribution in [1.82, 2.24) is 34.6 Å². The quantitative estimate of drug-likeness (QED) is 0.0862.